The Morgan fingerprint density at radius 2 is 1.79 bits per heavy atom. The lowest BCUT2D eigenvalue weighted by molar-refractivity contribution is -0.139. The Labute approximate surface area is 168 Å². The molecule has 1 aliphatic heterocycles. The lowest BCUT2D eigenvalue weighted by Gasteiger charge is -2.39. The van der Waals surface area contributed by atoms with Gasteiger partial charge in [-0.2, -0.15) is 0 Å². The van der Waals surface area contributed by atoms with Crippen molar-refractivity contribution in [3.8, 4) is 0 Å². The molecule has 0 bridgehead atoms. The van der Waals surface area contributed by atoms with Gasteiger partial charge in [-0.25, -0.2) is 4.39 Å². The number of carbonyl (C=O) groups excluding carboxylic acids is 2. The minimum absolute atomic E-state index is 0.147. The highest BCUT2D eigenvalue weighted by Crippen LogP contribution is 2.24. The third-order valence-corrected chi connectivity index (χ3v) is 5.39. The van der Waals surface area contributed by atoms with Crippen LogP contribution in [0.5, 0.6) is 0 Å². The molecule has 154 valence electrons. The number of benzene rings is 1. The average molecular weight is 400 g/mol. The molecule has 0 unspecified atom stereocenters. The van der Waals surface area contributed by atoms with Crippen molar-refractivity contribution in [1.82, 2.24) is 15.5 Å². The van der Waals surface area contributed by atoms with E-state index < -0.39 is 11.8 Å². The van der Waals surface area contributed by atoms with Crippen molar-refractivity contribution in [3.05, 3.63) is 54.2 Å². The molecule has 1 saturated heterocycles. The van der Waals surface area contributed by atoms with Gasteiger partial charge in [-0.05, 0) is 49.2 Å². The molecule has 2 aromatic rings. The lowest BCUT2D eigenvalue weighted by Crippen LogP contribution is -2.51. The van der Waals surface area contributed by atoms with E-state index in [4.69, 9.17) is 4.42 Å². The van der Waals surface area contributed by atoms with Crippen LogP contribution >= 0.6 is 0 Å². The molecule has 1 aliphatic carbocycles. The van der Waals surface area contributed by atoms with Crippen LogP contribution in [0.3, 0.4) is 0 Å². The topological polar surface area (TPSA) is 77.8 Å². The van der Waals surface area contributed by atoms with Crippen LogP contribution < -0.4 is 15.5 Å². The molecule has 0 radical (unpaired) electrons. The Bertz CT molecular complexity index is 828. The summed E-state index contributed by atoms with van der Waals surface area (Å²) >= 11 is 0. The minimum atomic E-state index is -0.613. The summed E-state index contributed by atoms with van der Waals surface area (Å²) in [5, 5.41) is 5.44. The van der Waals surface area contributed by atoms with Gasteiger partial charge in [-0.1, -0.05) is 0 Å². The van der Waals surface area contributed by atoms with Gasteiger partial charge in [0.1, 0.15) is 11.6 Å². The van der Waals surface area contributed by atoms with E-state index in [1.54, 1.807) is 18.4 Å². The molecule has 4 rings (SSSR count). The molecule has 1 aromatic carbocycles. The molecule has 1 atom stereocenters. The molecule has 2 fully saturated rings. The van der Waals surface area contributed by atoms with Crippen LogP contribution in [-0.2, 0) is 9.59 Å². The predicted octanol–water partition coefficient (Wildman–Crippen LogP) is 1.68. The number of rotatable bonds is 6. The normalized spacial score (nSPS) is 18.3. The summed E-state index contributed by atoms with van der Waals surface area (Å²) < 4.78 is 18.8. The van der Waals surface area contributed by atoms with Gasteiger partial charge >= 0.3 is 11.8 Å². The monoisotopic (exact) mass is 400 g/mol. The molecule has 7 nitrogen and oxygen atoms in total. The molecular weight excluding hydrogens is 375 g/mol. The Hall–Kier alpha value is -2.87. The van der Waals surface area contributed by atoms with Crippen molar-refractivity contribution >= 4 is 17.5 Å². The number of piperazine rings is 1. The zero-order valence-electron chi connectivity index (χ0n) is 16.1. The van der Waals surface area contributed by atoms with E-state index in [2.05, 4.69) is 20.4 Å². The van der Waals surface area contributed by atoms with Crippen molar-refractivity contribution in [1.29, 1.82) is 0 Å². The summed E-state index contributed by atoms with van der Waals surface area (Å²) in [4.78, 5) is 28.5. The summed E-state index contributed by atoms with van der Waals surface area (Å²) in [7, 11) is 0. The van der Waals surface area contributed by atoms with Crippen LogP contribution in [0.2, 0.25) is 0 Å². The van der Waals surface area contributed by atoms with Crippen molar-refractivity contribution in [2.24, 2.45) is 0 Å². The van der Waals surface area contributed by atoms with Gasteiger partial charge in [0.05, 0.1) is 12.3 Å². The number of nitrogens with zero attached hydrogens (tertiary/aromatic N) is 2. The maximum absolute atomic E-state index is 13.2. The Morgan fingerprint density at radius 1 is 1.07 bits per heavy atom. The second-order valence-corrected chi connectivity index (χ2v) is 7.49. The van der Waals surface area contributed by atoms with Crippen LogP contribution in [0.25, 0.3) is 0 Å². The molecule has 1 aromatic heterocycles. The molecule has 8 heteroatoms. The maximum atomic E-state index is 13.2. The summed E-state index contributed by atoms with van der Waals surface area (Å²) in [6, 6.07) is 10.2. The van der Waals surface area contributed by atoms with Gasteiger partial charge in [0, 0.05) is 44.5 Å². The van der Waals surface area contributed by atoms with Crippen molar-refractivity contribution < 1.29 is 18.4 Å². The summed E-state index contributed by atoms with van der Waals surface area (Å²) in [6.45, 7) is 3.36. The van der Waals surface area contributed by atoms with Crippen molar-refractivity contribution in [2.75, 3.05) is 37.6 Å². The standard InChI is InChI=1S/C21H25FN4O3/c22-15-3-7-17(8-4-15)25-9-11-26(12-10-25)18(19-2-1-13-29-19)14-23-20(27)21(28)24-16-5-6-16/h1-4,7-8,13,16,18H,5-6,9-12,14H2,(H,23,27)(H,24,28)/t18-/m0/s1. The molecule has 0 spiro atoms. The average Bonchev–Trinajstić information content (AvgIpc) is 3.39. The fourth-order valence-electron chi connectivity index (χ4n) is 3.58. The molecular formula is C21H25FN4O3. The fraction of sp³-hybridized carbons (Fsp3) is 0.429. The number of anilines is 1. The summed E-state index contributed by atoms with van der Waals surface area (Å²) in [6.07, 6.45) is 3.48. The lowest BCUT2D eigenvalue weighted by atomic mass is 10.1. The number of hydrogen-bond donors (Lipinski definition) is 2. The van der Waals surface area contributed by atoms with Gasteiger partial charge in [0.2, 0.25) is 0 Å². The first-order valence-electron chi connectivity index (χ1n) is 9.97. The van der Waals surface area contributed by atoms with E-state index in [-0.39, 0.29) is 17.9 Å². The highest BCUT2D eigenvalue weighted by atomic mass is 19.1. The van der Waals surface area contributed by atoms with Crippen LogP contribution in [0, 0.1) is 5.82 Å². The number of furan rings is 1. The molecule has 2 amide bonds. The van der Waals surface area contributed by atoms with Gasteiger partial charge in [0.25, 0.3) is 0 Å². The highest BCUT2D eigenvalue weighted by Gasteiger charge is 2.30. The largest absolute Gasteiger partial charge is 0.468 e. The summed E-state index contributed by atoms with van der Waals surface area (Å²) in [5.74, 6) is -0.680. The third kappa shape index (κ3) is 4.95. The molecule has 29 heavy (non-hydrogen) atoms. The summed E-state index contributed by atoms with van der Waals surface area (Å²) in [5.41, 5.74) is 0.991. The quantitative estimate of drug-likeness (QED) is 0.722. The van der Waals surface area contributed by atoms with Gasteiger partial charge in [0.15, 0.2) is 0 Å². The van der Waals surface area contributed by atoms with Gasteiger partial charge in [-0.3, -0.25) is 14.5 Å². The zero-order chi connectivity index (χ0) is 20.2. The fourth-order valence-corrected chi connectivity index (χ4v) is 3.58. The molecule has 2 aliphatic rings. The van der Waals surface area contributed by atoms with Crippen LogP contribution in [0.4, 0.5) is 10.1 Å². The van der Waals surface area contributed by atoms with Gasteiger partial charge in [-0.15, -0.1) is 0 Å². The number of hydrogen-bond acceptors (Lipinski definition) is 5. The maximum Gasteiger partial charge on any atom is 0.309 e. The van der Waals surface area contributed by atoms with Crippen LogP contribution in [-0.4, -0.2) is 55.5 Å². The van der Waals surface area contributed by atoms with E-state index in [0.717, 1.165) is 50.5 Å². The second-order valence-electron chi connectivity index (χ2n) is 7.49. The third-order valence-electron chi connectivity index (χ3n) is 5.39. The van der Waals surface area contributed by atoms with Crippen LogP contribution in [0.1, 0.15) is 24.6 Å². The first-order chi connectivity index (χ1) is 14.1. The highest BCUT2D eigenvalue weighted by molar-refractivity contribution is 6.35. The van der Waals surface area contributed by atoms with Crippen molar-refractivity contribution in [2.45, 2.75) is 24.9 Å². The van der Waals surface area contributed by atoms with E-state index in [9.17, 15) is 14.0 Å². The van der Waals surface area contributed by atoms with E-state index >= 15 is 0 Å². The SMILES string of the molecule is O=C(NC[C@@H](c1ccco1)N1CCN(c2ccc(F)cc2)CC1)C(=O)NC1CC1. The molecule has 2 heterocycles. The molecule has 1 saturated carbocycles. The first kappa shape index (κ1) is 19.4. The number of carbonyl (C=O) groups is 2. The second kappa shape index (κ2) is 8.65. The Morgan fingerprint density at radius 3 is 2.41 bits per heavy atom. The first-order valence-corrected chi connectivity index (χ1v) is 9.97. The number of amides is 2. The van der Waals surface area contributed by atoms with Gasteiger partial charge < -0.3 is 20.0 Å². The van der Waals surface area contributed by atoms with E-state index in [1.165, 1.54) is 12.1 Å². The minimum Gasteiger partial charge on any atom is -0.468 e. The van der Waals surface area contributed by atoms with E-state index in [1.807, 2.05) is 12.1 Å². The zero-order valence-corrected chi connectivity index (χ0v) is 16.1. The number of halogens is 1. The van der Waals surface area contributed by atoms with Crippen molar-refractivity contribution in [3.63, 3.8) is 0 Å². The van der Waals surface area contributed by atoms with Crippen LogP contribution in [0.15, 0.2) is 47.1 Å². The Balaban J connectivity index is 1.35. The van der Waals surface area contributed by atoms with E-state index in [0.29, 0.717) is 6.54 Å². The number of nitrogens with one attached hydrogen (secondary N) is 2. The molecule has 2 N–H and O–H groups in total. The predicted molar refractivity (Wildman–Crippen MR) is 106 cm³/mol. The Kier molecular flexibility index (Phi) is 5.80. The smallest absolute Gasteiger partial charge is 0.309 e.